The fraction of sp³-hybridized carbons (Fsp3) is 0.571. The Morgan fingerprint density at radius 1 is 1.91 bits per heavy atom. The second-order valence-electron chi connectivity index (χ2n) is 1.92. The average Bonchev–Trinajstić information content (AvgIpc) is 1.88. The Morgan fingerprint density at radius 3 is 2.82 bits per heavy atom. The summed E-state index contributed by atoms with van der Waals surface area (Å²) in [6, 6.07) is 0. The minimum atomic E-state index is -2.11. The van der Waals surface area contributed by atoms with Gasteiger partial charge in [-0.25, -0.2) is 9.18 Å². The quantitative estimate of drug-likeness (QED) is 0.416. The summed E-state index contributed by atoms with van der Waals surface area (Å²) in [6.45, 7) is 5.10. The van der Waals surface area contributed by atoms with Crippen LogP contribution in [-0.2, 0) is 9.53 Å². The molecule has 0 aromatic heterocycles. The zero-order chi connectivity index (χ0) is 8.91. The lowest BCUT2D eigenvalue weighted by Crippen LogP contribution is -2.28. The minimum absolute atomic E-state index is 0.0914. The van der Waals surface area contributed by atoms with E-state index in [4.69, 9.17) is 0 Å². The lowest BCUT2D eigenvalue weighted by molar-refractivity contribution is -0.150. The van der Waals surface area contributed by atoms with Gasteiger partial charge in [0.25, 0.3) is 4.58 Å². The van der Waals surface area contributed by atoms with Crippen LogP contribution >= 0.6 is 15.9 Å². The average molecular weight is 225 g/mol. The zero-order valence-corrected chi connectivity index (χ0v) is 7.86. The van der Waals surface area contributed by atoms with E-state index in [1.807, 2.05) is 0 Å². The van der Waals surface area contributed by atoms with Crippen LogP contribution in [-0.4, -0.2) is 17.2 Å². The van der Waals surface area contributed by atoms with Crippen molar-refractivity contribution < 1.29 is 13.9 Å². The van der Waals surface area contributed by atoms with Crippen LogP contribution in [0.1, 0.15) is 13.3 Å². The Labute approximate surface area is 73.5 Å². The van der Waals surface area contributed by atoms with Gasteiger partial charge >= 0.3 is 5.97 Å². The molecule has 0 radical (unpaired) electrons. The highest BCUT2D eigenvalue weighted by Gasteiger charge is 2.35. The maximum atomic E-state index is 13.0. The van der Waals surface area contributed by atoms with Gasteiger partial charge in [-0.05, 0) is 22.9 Å². The summed E-state index contributed by atoms with van der Waals surface area (Å²) >= 11 is 2.60. The van der Waals surface area contributed by atoms with E-state index in [1.165, 1.54) is 6.08 Å². The SMILES string of the molecule is C=CCC(F)(Br)C(=O)OCC. The van der Waals surface area contributed by atoms with Crippen LogP contribution < -0.4 is 0 Å². The monoisotopic (exact) mass is 224 g/mol. The number of ether oxygens (including phenoxy) is 1. The van der Waals surface area contributed by atoms with Gasteiger partial charge < -0.3 is 4.74 Å². The Hall–Kier alpha value is -0.380. The molecule has 0 N–H and O–H groups in total. The molecule has 0 saturated heterocycles. The predicted octanol–water partition coefficient (Wildman–Crippen LogP) is 2.19. The van der Waals surface area contributed by atoms with Gasteiger partial charge in [0.05, 0.1) is 6.61 Å². The third kappa shape index (κ3) is 3.51. The van der Waals surface area contributed by atoms with Crippen LogP contribution in [0.3, 0.4) is 0 Å². The molecule has 0 bridgehead atoms. The Kier molecular flexibility index (Phi) is 4.33. The summed E-state index contributed by atoms with van der Waals surface area (Å²) in [5.41, 5.74) is 0. The van der Waals surface area contributed by atoms with Crippen molar-refractivity contribution in [3.63, 3.8) is 0 Å². The predicted molar refractivity (Wildman–Crippen MR) is 44.2 cm³/mol. The topological polar surface area (TPSA) is 26.3 Å². The van der Waals surface area contributed by atoms with E-state index in [0.29, 0.717) is 0 Å². The molecule has 0 fully saturated rings. The van der Waals surface area contributed by atoms with E-state index >= 15 is 0 Å². The zero-order valence-electron chi connectivity index (χ0n) is 6.27. The van der Waals surface area contributed by atoms with E-state index in [9.17, 15) is 9.18 Å². The van der Waals surface area contributed by atoms with Gasteiger partial charge in [-0.2, -0.15) is 0 Å². The third-order valence-electron chi connectivity index (χ3n) is 0.975. The number of hydrogen-bond acceptors (Lipinski definition) is 2. The van der Waals surface area contributed by atoms with Crippen molar-refractivity contribution in [2.45, 2.75) is 17.9 Å². The molecule has 0 amide bonds. The molecule has 0 saturated carbocycles. The molecule has 0 aliphatic rings. The molecule has 0 aliphatic carbocycles. The summed E-state index contributed by atoms with van der Waals surface area (Å²) in [5, 5.41) is 0. The molecule has 11 heavy (non-hydrogen) atoms. The lowest BCUT2D eigenvalue weighted by Gasteiger charge is -2.13. The number of alkyl halides is 2. The molecule has 64 valence electrons. The van der Waals surface area contributed by atoms with E-state index in [0.717, 1.165) is 0 Å². The third-order valence-corrected chi connectivity index (χ3v) is 1.62. The first kappa shape index (κ1) is 10.6. The van der Waals surface area contributed by atoms with Crippen molar-refractivity contribution in [2.24, 2.45) is 0 Å². The number of carbonyl (C=O) groups is 1. The van der Waals surface area contributed by atoms with Crippen molar-refractivity contribution >= 4 is 21.9 Å². The van der Waals surface area contributed by atoms with Gasteiger partial charge in [0.15, 0.2) is 0 Å². The molecule has 0 aliphatic heterocycles. The molecule has 0 rings (SSSR count). The highest BCUT2D eigenvalue weighted by atomic mass is 79.9. The standard InChI is InChI=1S/C7H10BrFO2/c1-3-5-7(8,9)6(10)11-4-2/h3H,1,4-5H2,2H3. The smallest absolute Gasteiger partial charge is 0.355 e. The largest absolute Gasteiger partial charge is 0.463 e. The van der Waals surface area contributed by atoms with Crippen molar-refractivity contribution in [2.75, 3.05) is 6.61 Å². The van der Waals surface area contributed by atoms with Crippen molar-refractivity contribution in [3.05, 3.63) is 12.7 Å². The fourth-order valence-corrected chi connectivity index (χ4v) is 0.845. The van der Waals surface area contributed by atoms with Crippen LogP contribution in [0, 0.1) is 0 Å². The van der Waals surface area contributed by atoms with Gasteiger partial charge in [0.2, 0.25) is 0 Å². The number of hydrogen-bond donors (Lipinski definition) is 0. The van der Waals surface area contributed by atoms with Crippen LogP contribution in [0.5, 0.6) is 0 Å². The molecule has 0 aromatic rings. The molecular weight excluding hydrogens is 215 g/mol. The van der Waals surface area contributed by atoms with Gasteiger partial charge in [-0.1, -0.05) is 6.08 Å². The summed E-state index contributed by atoms with van der Waals surface area (Å²) in [5.74, 6) is -0.903. The number of esters is 1. The van der Waals surface area contributed by atoms with Gasteiger partial charge in [0.1, 0.15) is 0 Å². The second kappa shape index (κ2) is 4.49. The molecule has 1 atom stereocenters. The Bertz CT molecular complexity index is 157. The van der Waals surface area contributed by atoms with Gasteiger partial charge in [-0.15, -0.1) is 6.58 Å². The van der Waals surface area contributed by atoms with Crippen LogP contribution in [0.4, 0.5) is 4.39 Å². The van der Waals surface area contributed by atoms with Crippen LogP contribution in [0.15, 0.2) is 12.7 Å². The van der Waals surface area contributed by atoms with Gasteiger partial charge in [-0.3, -0.25) is 0 Å². The van der Waals surface area contributed by atoms with E-state index in [-0.39, 0.29) is 13.0 Å². The molecule has 0 spiro atoms. The first-order valence-corrected chi connectivity index (χ1v) is 4.00. The normalized spacial score (nSPS) is 15.2. The highest BCUT2D eigenvalue weighted by Crippen LogP contribution is 2.26. The van der Waals surface area contributed by atoms with Crippen molar-refractivity contribution in [1.82, 2.24) is 0 Å². The second-order valence-corrected chi connectivity index (χ2v) is 3.17. The number of halogens is 2. The maximum Gasteiger partial charge on any atom is 0.355 e. The first-order valence-electron chi connectivity index (χ1n) is 3.20. The maximum absolute atomic E-state index is 13.0. The molecule has 1 unspecified atom stereocenters. The van der Waals surface area contributed by atoms with Crippen molar-refractivity contribution in [1.29, 1.82) is 0 Å². The van der Waals surface area contributed by atoms with E-state index in [2.05, 4.69) is 27.2 Å². The lowest BCUT2D eigenvalue weighted by atomic mass is 10.3. The van der Waals surface area contributed by atoms with E-state index in [1.54, 1.807) is 6.92 Å². The first-order chi connectivity index (χ1) is 5.04. The summed E-state index contributed by atoms with van der Waals surface area (Å²) in [7, 11) is 0. The van der Waals surface area contributed by atoms with Crippen molar-refractivity contribution in [3.8, 4) is 0 Å². The van der Waals surface area contributed by atoms with Crippen LogP contribution in [0.25, 0.3) is 0 Å². The number of carbonyl (C=O) groups excluding carboxylic acids is 1. The van der Waals surface area contributed by atoms with Gasteiger partial charge in [0, 0.05) is 6.42 Å². The summed E-state index contributed by atoms with van der Waals surface area (Å²) in [4.78, 5) is 10.8. The molecule has 0 aromatic carbocycles. The molecular formula is C7H10BrFO2. The van der Waals surface area contributed by atoms with E-state index < -0.39 is 10.5 Å². The number of allylic oxidation sites excluding steroid dienone is 1. The van der Waals surface area contributed by atoms with Crippen LogP contribution in [0.2, 0.25) is 0 Å². The molecule has 0 heterocycles. The summed E-state index contributed by atoms with van der Waals surface area (Å²) in [6.07, 6.45) is 1.22. The highest BCUT2D eigenvalue weighted by molar-refractivity contribution is 9.10. The fourth-order valence-electron chi connectivity index (χ4n) is 0.501. The minimum Gasteiger partial charge on any atom is -0.463 e. The Morgan fingerprint density at radius 2 is 2.45 bits per heavy atom. The number of rotatable bonds is 4. The molecule has 4 heteroatoms. The Balaban J connectivity index is 4.05. The molecule has 2 nitrogen and oxygen atoms in total. The summed E-state index contributed by atoms with van der Waals surface area (Å²) < 4.78 is 15.4.